The molecule has 0 saturated carbocycles. The van der Waals surface area contributed by atoms with Crippen molar-refractivity contribution in [3.63, 3.8) is 0 Å². The molecule has 0 radical (unpaired) electrons. The predicted molar refractivity (Wildman–Crippen MR) is 95.7 cm³/mol. The Morgan fingerprint density at radius 1 is 0.958 bits per heavy atom. The summed E-state index contributed by atoms with van der Waals surface area (Å²) >= 11 is 0. The minimum atomic E-state index is -4.20. The van der Waals surface area contributed by atoms with Crippen molar-refractivity contribution >= 4 is 10.1 Å². The molecule has 0 fully saturated rings. The van der Waals surface area contributed by atoms with E-state index in [4.69, 9.17) is 0 Å². The van der Waals surface area contributed by atoms with Crippen LogP contribution >= 0.6 is 0 Å². The van der Waals surface area contributed by atoms with E-state index >= 15 is 0 Å². The molecule has 3 nitrogen and oxygen atoms in total. The van der Waals surface area contributed by atoms with Crippen LogP contribution < -0.4 is 29.6 Å². The predicted octanol–water partition coefficient (Wildman–Crippen LogP) is 2.16. The number of unbranched alkanes of at least 4 members (excludes halogenated alkanes) is 7. The third-order valence-corrected chi connectivity index (χ3v) is 5.25. The summed E-state index contributed by atoms with van der Waals surface area (Å²) in [6.45, 7) is 4.20. The fraction of sp³-hybridized carbons (Fsp3) is 0.684. The molecular formula is C19H31NaO3S. The van der Waals surface area contributed by atoms with E-state index in [0.717, 1.165) is 30.4 Å². The average molecular weight is 363 g/mol. The zero-order valence-corrected chi connectivity index (χ0v) is 18.4. The van der Waals surface area contributed by atoms with E-state index in [2.05, 4.69) is 6.92 Å². The summed E-state index contributed by atoms with van der Waals surface area (Å²) < 4.78 is 33.6. The smallest absolute Gasteiger partial charge is 0.748 e. The Hall–Kier alpha value is 0.130. The van der Waals surface area contributed by atoms with Crippen molar-refractivity contribution < 1.29 is 42.5 Å². The molecule has 0 spiro atoms. The van der Waals surface area contributed by atoms with E-state index in [0.29, 0.717) is 0 Å². The maximum atomic E-state index is 11.2. The van der Waals surface area contributed by atoms with E-state index in [1.165, 1.54) is 38.5 Å². The number of benzene rings is 1. The molecule has 0 bridgehead atoms. The van der Waals surface area contributed by atoms with Gasteiger partial charge >= 0.3 is 29.6 Å². The molecule has 132 valence electrons. The topological polar surface area (TPSA) is 57.2 Å². The summed E-state index contributed by atoms with van der Waals surface area (Å²) in [6.07, 6.45) is 10.5. The van der Waals surface area contributed by atoms with Gasteiger partial charge in [-0.05, 0) is 30.4 Å². The van der Waals surface area contributed by atoms with Gasteiger partial charge in [-0.25, -0.2) is 8.42 Å². The minimum absolute atomic E-state index is 0. The molecule has 1 atom stereocenters. The summed E-state index contributed by atoms with van der Waals surface area (Å²) in [5, 5.41) is 0. The van der Waals surface area contributed by atoms with Gasteiger partial charge in [0.05, 0.1) is 10.1 Å². The van der Waals surface area contributed by atoms with Crippen molar-refractivity contribution in [1.29, 1.82) is 0 Å². The zero-order chi connectivity index (χ0) is 17.1. The van der Waals surface area contributed by atoms with Gasteiger partial charge in [0.2, 0.25) is 0 Å². The Kier molecular flexibility index (Phi) is 13.4. The second kappa shape index (κ2) is 13.3. The first-order chi connectivity index (χ1) is 10.9. The molecule has 0 heterocycles. The summed E-state index contributed by atoms with van der Waals surface area (Å²) in [5.74, 6) is -0.451. The minimum Gasteiger partial charge on any atom is -0.748 e. The third-order valence-electron chi connectivity index (χ3n) is 4.44. The molecule has 0 amide bonds. The second-order valence-corrected chi connectivity index (χ2v) is 7.99. The van der Waals surface area contributed by atoms with Crippen molar-refractivity contribution in [2.75, 3.05) is 5.75 Å². The van der Waals surface area contributed by atoms with Crippen LogP contribution in [0.25, 0.3) is 0 Å². The van der Waals surface area contributed by atoms with E-state index in [1.807, 2.05) is 31.2 Å². The molecular weight excluding hydrogens is 331 g/mol. The molecule has 0 aromatic heterocycles. The van der Waals surface area contributed by atoms with E-state index < -0.39 is 10.1 Å². The van der Waals surface area contributed by atoms with Crippen molar-refractivity contribution in [3.8, 4) is 0 Å². The first-order valence-electron chi connectivity index (χ1n) is 8.93. The van der Waals surface area contributed by atoms with Crippen LogP contribution in [0.3, 0.4) is 0 Å². The first kappa shape index (κ1) is 24.1. The molecule has 1 aromatic carbocycles. The SMILES string of the molecule is CCCCCCCCCCC(CS(=O)(=O)[O-])c1ccccc1C.[Na+]. The van der Waals surface area contributed by atoms with Crippen molar-refractivity contribution in [2.24, 2.45) is 0 Å². The number of hydrogen-bond acceptors (Lipinski definition) is 3. The van der Waals surface area contributed by atoms with Crippen LogP contribution in [0, 0.1) is 6.92 Å². The van der Waals surface area contributed by atoms with Crippen LogP contribution in [-0.2, 0) is 10.1 Å². The summed E-state index contributed by atoms with van der Waals surface area (Å²) in [4.78, 5) is 0. The molecule has 1 aromatic rings. The molecule has 0 aliphatic carbocycles. The second-order valence-electron chi connectivity index (χ2n) is 6.54. The van der Waals surface area contributed by atoms with Gasteiger partial charge in [0, 0.05) is 5.75 Å². The molecule has 0 N–H and O–H groups in total. The van der Waals surface area contributed by atoms with E-state index in [-0.39, 0.29) is 41.2 Å². The van der Waals surface area contributed by atoms with E-state index in [9.17, 15) is 13.0 Å². The van der Waals surface area contributed by atoms with Crippen LogP contribution in [0.5, 0.6) is 0 Å². The Balaban J connectivity index is 0.00000529. The molecule has 1 unspecified atom stereocenters. The molecule has 24 heavy (non-hydrogen) atoms. The molecule has 0 aliphatic heterocycles. The van der Waals surface area contributed by atoms with Crippen molar-refractivity contribution in [3.05, 3.63) is 35.4 Å². The van der Waals surface area contributed by atoms with Gasteiger partial charge < -0.3 is 4.55 Å². The largest absolute Gasteiger partial charge is 1.00 e. The first-order valence-corrected chi connectivity index (χ1v) is 10.5. The van der Waals surface area contributed by atoms with Gasteiger partial charge in [-0.1, -0.05) is 82.6 Å². The maximum Gasteiger partial charge on any atom is 1.00 e. The normalized spacial score (nSPS) is 12.6. The van der Waals surface area contributed by atoms with Gasteiger partial charge in [0.1, 0.15) is 0 Å². The van der Waals surface area contributed by atoms with Crippen LogP contribution in [0.2, 0.25) is 0 Å². The third kappa shape index (κ3) is 10.9. The van der Waals surface area contributed by atoms with Crippen molar-refractivity contribution in [1.82, 2.24) is 0 Å². The van der Waals surface area contributed by atoms with Gasteiger partial charge in [0.25, 0.3) is 0 Å². The van der Waals surface area contributed by atoms with Crippen LogP contribution in [-0.4, -0.2) is 18.7 Å². The van der Waals surface area contributed by atoms with Gasteiger partial charge in [-0.3, -0.25) is 0 Å². The summed E-state index contributed by atoms with van der Waals surface area (Å²) in [5.41, 5.74) is 2.08. The van der Waals surface area contributed by atoms with Crippen LogP contribution in [0.4, 0.5) is 0 Å². The number of hydrogen-bond donors (Lipinski definition) is 0. The molecule has 0 aliphatic rings. The average Bonchev–Trinajstić information content (AvgIpc) is 2.48. The standard InChI is InChI=1S/C19H32O3S.Na/c1-3-4-5-6-7-8-9-10-14-18(16-23(20,21)22)19-15-12-11-13-17(19)2;/h11-13,15,18H,3-10,14,16H2,1-2H3,(H,20,21,22);/q;+1/p-1. The molecule has 1 rings (SSSR count). The fourth-order valence-electron chi connectivity index (χ4n) is 3.14. The zero-order valence-electron chi connectivity index (χ0n) is 15.6. The number of aryl methyl sites for hydroxylation is 1. The molecule has 5 heteroatoms. The number of rotatable bonds is 12. The van der Waals surface area contributed by atoms with Crippen molar-refractivity contribution in [2.45, 2.75) is 77.6 Å². The van der Waals surface area contributed by atoms with Gasteiger partial charge in [-0.2, -0.15) is 0 Å². The maximum absolute atomic E-state index is 11.2. The van der Waals surface area contributed by atoms with Gasteiger partial charge in [0.15, 0.2) is 0 Å². The quantitative estimate of drug-likeness (QED) is 0.325. The van der Waals surface area contributed by atoms with Crippen LogP contribution in [0.15, 0.2) is 24.3 Å². The Morgan fingerprint density at radius 2 is 1.50 bits per heavy atom. The summed E-state index contributed by atoms with van der Waals surface area (Å²) in [7, 11) is -4.20. The fourth-order valence-corrected chi connectivity index (χ4v) is 3.98. The Morgan fingerprint density at radius 3 is 2.04 bits per heavy atom. The Labute approximate surface area is 170 Å². The monoisotopic (exact) mass is 362 g/mol. The van der Waals surface area contributed by atoms with Crippen LogP contribution in [0.1, 0.15) is 81.8 Å². The van der Waals surface area contributed by atoms with E-state index in [1.54, 1.807) is 0 Å². The Bertz CT molecular complexity index is 543. The molecule has 0 saturated heterocycles. The summed E-state index contributed by atoms with van der Waals surface area (Å²) in [6, 6.07) is 7.79. The van der Waals surface area contributed by atoms with Gasteiger partial charge in [-0.15, -0.1) is 0 Å².